The number of carbonyl (C=O) groups excluding carboxylic acids is 1. The van der Waals surface area contributed by atoms with Crippen molar-refractivity contribution in [2.45, 2.75) is 24.5 Å². The van der Waals surface area contributed by atoms with Crippen LogP contribution in [0, 0.1) is 0 Å². The van der Waals surface area contributed by atoms with Crippen molar-refractivity contribution in [2.75, 3.05) is 13.1 Å². The molecule has 6 nitrogen and oxygen atoms in total. The fourth-order valence-corrected chi connectivity index (χ4v) is 1.95. The van der Waals surface area contributed by atoms with Gasteiger partial charge in [0.1, 0.15) is 0 Å². The van der Waals surface area contributed by atoms with Crippen molar-refractivity contribution < 1.29 is 18.7 Å². The Labute approximate surface area is 120 Å². The van der Waals surface area contributed by atoms with Gasteiger partial charge < -0.3 is 10.4 Å². The van der Waals surface area contributed by atoms with E-state index in [4.69, 9.17) is 0 Å². The molecule has 1 aromatic heterocycles. The van der Waals surface area contributed by atoms with Crippen LogP contribution in [-0.4, -0.2) is 45.8 Å². The summed E-state index contributed by atoms with van der Waals surface area (Å²) in [5.74, 6) is -3.37. The summed E-state index contributed by atoms with van der Waals surface area (Å²) in [6, 6.07) is -0.906. The number of aromatic nitrogens is 2. The van der Waals surface area contributed by atoms with Gasteiger partial charge in [-0.1, -0.05) is 0 Å². The van der Waals surface area contributed by atoms with Gasteiger partial charge >= 0.3 is 0 Å². The van der Waals surface area contributed by atoms with E-state index < -0.39 is 36.9 Å². The van der Waals surface area contributed by atoms with Crippen LogP contribution in [0.4, 0.5) is 8.78 Å². The molecule has 2 unspecified atom stereocenters. The largest absolute Gasteiger partial charge is 0.386 e. The minimum atomic E-state index is -2.84. The summed E-state index contributed by atoms with van der Waals surface area (Å²) in [6.45, 7) is -0.523. The minimum absolute atomic E-state index is 0. The maximum Gasteiger partial charge on any atom is 0.262 e. The van der Waals surface area contributed by atoms with Gasteiger partial charge in [0, 0.05) is 31.8 Å². The summed E-state index contributed by atoms with van der Waals surface area (Å²) in [4.78, 5) is 11.6. The number of hydrogen-bond acceptors (Lipinski definition) is 4. The van der Waals surface area contributed by atoms with Crippen molar-refractivity contribution in [2.24, 2.45) is 7.05 Å². The maximum atomic E-state index is 12.9. The minimum Gasteiger partial charge on any atom is -0.386 e. The molecule has 1 amide bonds. The molecule has 1 fully saturated rings. The highest BCUT2D eigenvalue weighted by atomic mass is 35.5. The normalized spacial score (nSPS) is 22.1. The van der Waals surface area contributed by atoms with Crippen LogP contribution < -0.4 is 10.6 Å². The fraction of sp³-hybridized carbons (Fsp3) is 0.636. The molecule has 2 atom stereocenters. The summed E-state index contributed by atoms with van der Waals surface area (Å²) >= 11 is 0. The molecule has 1 saturated heterocycles. The average Bonchev–Trinajstić information content (AvgIpc) is 2.91. The van der Waals surface area contributed by atoms with E-state index in [9.17, 15) is 18.7 Å². The molecular weight excluding hydrogens is 294 g/mol. The third kappa shape index (κ3) is 4.12. The van der Waals surface area contributed by atoms with Gasteiger partial charge in [0.15, 0.2) is 0 Å². The fourth-order valence-electron chi connectivity index (χ4n) is 1.95. The van der Waals surface area contributed by atoms with E-state index in [-0.39, 0.29) is 19.0 Å². The van der Waals surface area contributed by atoms with E-state index >= 15 is 0 Å². The third-order valence-electron chi connectivity index (χ3n) is 3.01. The Kier molecular flexibility index (Phi) is 5.43. The molecule has 0 spiro atoms. The molecule has 114 valence electrons. The molecule has 0 aliphatic carbocycles. The van der Waals surface area contributed by atoms with Crippen molar-refractivity contribution in [1.82, 2.24) is 20.4 Å². The van der Waals surface area contributed by atoms with Crippen molar-refractivity contribution in [3.05, 3.63) is 18.0 Å². The van der Waals surface area contributed by atoms with E-state index in [0.29, 0.717) is 5.56 Å². The highest BCUT2D eigenvalue weighted by Gasteiger charge is 2.42. The Balaban J connectivity index is 0.00000200. The number of aliphatic hydroxyl groups is 1. The second kappa shape index (κ2) is 6.47. The molecule has 0 saturated carbocycles. The van der Waals surface area contributed by atoms with Crippen molar-refractivity contribution in [1.29, 1.82) is 0 Å². The van der Waals surface area contributed by atoms with Gasteiger partial charge in [-0.05, 0) is 0 Å². The highest BCUT2D eigenvalue weighted by Crippen LogP contribution is 2.25. The zero-order valence-electron chi connectivity index (χ0n) is 10.8. The van der Waals surface area contributed by atoms with Crippen LogP contribution in [0.15, 0.2) is 12.4 Å². The lowest BCUT2D eigenvalue weighted by Gasteiger charge is -2.13. The van der Waals surface area contributed by atoms with E-state index in [1.807, 2.05) is 0 Å². The maximum absolute atomic E-state index is 12.9. The summed E-state index contributed by atoms with van der Waals surface area (Å²) in [6.07, 6.45) is 1.69. The first kappa shape index (κ1) is 16.8. The molecular formula is C11H17ClF2N4O2. The van der Waals surface area contributed by atoms with Crippen LogP contribution >= 0.6 is 12.4 Å². The number of halogens is 3. The average molecular weight is 311 g/mol. The number of aliphatic hydroxyl groups excluding tert-OH is 1. The second-order valence-electron chi connectivity index (χ2n) is 4.70. The Bertz CT molecular complexity index is 469. The van der Waals surface area contributed by atoms with E-state index in [1.54, 1.807) is 13.2 Å². The van der Waals surface area contributed by atoms with E-state index in [1.165, 1.54) is 10.9 Å². The number of hydrogen-bond donors (Lipinski definition) is 3. The molecule has 2 heterocycles. The smallest absolute Gasteiger partial charge is 0.262 e. The lowest BCUT2D eigenvalue weighted by Crippen LogP contribution is -2.41. The summed E-state index contributed by atoms with van der Waals surface area (Å²) in [5, 5.41) is 18.6. The predicted octanol–water partition coefficient (Wildman–Crippen LogP) is -0.0113. The second-order valence-corrected chi connectivity index (χ2v) is 4.70. The third-order valence-corrected chi connectivity index (χ3v) is 3.01. The standard InChI is InChI=1S/C11H16F2N4O2.ClH/c1-17-5-7(3-16-17)9(18)4-14-10(19)8-2-11(12,13)6-15-8;/h3,5,8-9,15,18H,2,4,6H2,1H3,(H,14,19);1H. The van der Waals surface area contributed by atoms with Gasteiger partial charge in [0.2, 0.25) is 5.91 Å². The van der Waals surface area contributed by atoms with E-state index in [0.717, 1.165) is 0 Å². The number of carbonyl (C=O) groups is 1. The van der Waals surface area contributed by atoms with Gasteiger partial charge in [0.25, 0.3) is 5.92 Å². The number of aryl methyl sites for hydroxylation is 1. The van der Waals surface area contributed by atoms with Crippen LogP contribution in [0.25, 0.3) is 0 Å². The van der Waals surface area contributed by atoms with Gasteiger partial charge in [-0.3, -0.25) is 14.8 Å². The number of nitrogens with zero attached hydrogens (tertiary/aromatic N) is 2. The van der Waals surface area contributed by atoms with Crippen molar-refractivity contribution >= 4 is 18.3 Å². The summed E-state index contributed by atoms with van der Waals surface area (Å²) in [5.41, 5.74) is 0.563. The Morgan fingerprint density at radius 2 is 2.45 bits per heavy atom. The monoisotopic (exact) mass is 310 g/mol. The van der Waals surface area contributed by atoms with Crippen LogP contribution in [0.2, 0.25) is 0 Å². The van der Waals surface area contributed by atoms with Gasteiger partial charge in [-0.15, -0.1) is 12.4 Å². The molecule has 0 radical (unpaired) electrons. The first-order valence-electron chi connectivity index (χ1n) is 5.93. The number of nitrogens with one attached hydrogen (secondary N) is 2. The molecule has 0 bridgehead atoms. The molecule has 2 rings (SSSR count). The Morgan fingerprint density at radius 1 is 1.75 bits per heavy atom. The quantitative estimate of drug-likeness (QED) is 0.731. The molecule has 1 aliphatic heterocycles. The molecule has 3 N–H and O–H groups in total. The Hall–Kier alpha value is -1.25. The predicted molar refractivity (Wildman–Crippen MR) is 69.8 cm³/mol. The lowest BCUT2D eigenvalue weighted by atomic mass is 10.1. The lowest BCUT2D eigenvalue weighted by molar-refractivity contribution is -0.123. The van der Waals surface area contributed by atoms with Crippen LogP contribution in [0.3, 0.4) is 0 Å². The summed E-state index contributed by atoms with van der Waals surface area (Å²) < 4.78 is 27.4. The molecule has 0 aromatic carbocycles. The van der Waals surface area contributed by atoms with Gasteiger partial charge in [-0.2, -0.15) is 5.10 Å². The number of rotatable bonds is 4. The summed E-state index contributed by atoms with van der Waals surface area (Å²) in [7, 11) is 1.71. The van der Waals surface area contributed by atoms with E-state index in [2.05, 4.69) is 15.7 Å². The van der Waals surface area contributed by atoms with Gasteiger partial charge in [0.05, 0.1) is 24.9 Å². The SMILES string of the molecule is Cl.Cn1cc(C(O)CNC(=O)C2CC(F)(F)CN2)cn1. The first-order valence-corrected chi connectivity index (χ1v) is 5.93. The number of amides is 1. The molecule has 9 heteroatoms. The molecule has 1 aromatic rings. The number of alkyl halides is 2. The highest BCUT2D eigenvalue weighted by molar-refractivity contribution is 5.85. The zero-order valence-corrected chi connectivity index (χ0v) is 11.7. The van der Waals surface area contributed by atoms with Crippen molar-refractivity contribution in [3.8, 4) is 0 Å². The first-order chi connectivity index (χ1) is 8.87. The molecule has 20 heavy (non-hydrogen) atoms. The van der Waals surface area contributed by atoms with Crippen LogP contribution in [0.1, 0.15) is 18.1 Å². The van der Waals surface area contributed by atoms with Crippen LogP contribution in [0.5, 0.6) is 0 Å². The zero-order chi connectivity index (χ0) is 14.0. The van der Waals surface area contributed by atoms with Crippen molar-refractivity contribution in [3.63, 3.8) is 0 Å². The van der Waals surface area contributed by atoms with Crippen LogP contribution in [-0.2, 0) is 11.8 Å². The van der Waals surface area contributed by atoms with Gasteiger partial charge in [-0.25, -0.2) is 8.78 Å². The molecule has 1 aliphatic rings. The topological polar surface area (TPSA) is 79.2 Å². The Morgan fingerprint density at radius 3 is 2.95 bits per heavy atom.